The summed E-state index contributed by atoms with van der Waals surface area (Å²) in [6.07, 6.45) is 0.319. The van der Waals surface area contributed by atoms with Gasteiger partial charge >= 0.3 is 12.1 Å². The first kappa shape index (κ1) is 19.2. The Morgan fingerprint density at radius 1 is 1.31 bits per heavy atom. The Labute approximate surface area is 164 Å². The van der Waals surface area contributed by atoms with E-state index in [4.69, 9.17) is 0 Å². The number of aromatic nitrogens is 4. The van der Waals surface area contributed by atoms with Gasteiger partial charge in [-0.2, -0.15) is 18.2 Å². The molecule has 4 rings (SSSR count). The van der Waals surface area contributed by atoms with Gasteiger partial charge in [0.25, 0.3) is 5.91 Å². The summed E-state index contributed by atoms with van der Waals surface area (Å²) in [6.45, 7) is 1.19. The predicted octanol–water partition coefficient (Wildman–Crippen LogP) is 3.51. The van der Waals surface area contributed by atoms with Crippen molar-refractivity contribution in [3.63, 3.8) is 0 Å². The van der Waals surface area contributed by atoms with E-state index < -0.39 is 12.1 Å². The highest BCUT2D eigenvalue weighted by atomic mass is 19.4. The zero-order valence-corrected chi connectivity index (χ0v) is 15.6. The Bertz CT molecular complexity index is 1030. The number of carbonyl (C=O) groups is 1. The summed E-state index contributed by atoms with van der Waals surface area (Å²) in [6, 6.07) is 7.07. The Balaban J connectivity index is 1.54. The molecule has 10 heteroatoms. The summed E-state index contributed by atoms with van der Waals surface area (Å²) in [4.78, 5) is 22.1. The number of amides is 1. The molecule has 0 aromatic carbocycles. The molecule has 0 aliphatic carbocycles. The van der Waals surface area contributed by atoms with E-state index in [0.717, 1.165) is 18.4 Å². The molecule has 1 fully saturated rings. The summed E-state index contributed by atoms with van der Waals surface area (Å²) in [5.74, 6) is -1.61. The van der Waals surface area contributed by atoms with Gasteiger partial charge in [-0.25, -0.2) is 0 Å². The van der Waals surface area contributed by atoms with Gasteiger partial charge in [0.05, 0.1) is 0 Å². The Hall–Kier alpha value is -3.17. The molecular formula is C19H18F3N5O2. The van der Waals surface area contributed by atoms with Crippen molar-refractivity contribution in [2.75, 3.05) is 13.1 Å². The molecule has 152 valence electrons. The average Bonchev–Trinajstić information content (AvgIpc) is 3.37. The van der Waals surface area contributed by atoms with Gasteiger partial charge in [-0.15, -0.1) is 0 Å². The normalized spacial score (nSPS) is 17.5. The largest absolute Gasteiger partial charge is 0.471 e. The van der Waals surface area contributed by atoms with E-state index in [0.29, 0.717) is 18.8 Å². The molecule has 0 radical (unpaired) electrons. The van der Waals surface area contributed by atoms with Gasteiger partial charge in [0.15, 0.2) is 0 Å². The molecule has 1 saturated heterocycles. The van der Waals surface area contributed by atoms with Crippen LogP contribution in [0.2, 0.25) is 0 Å². The molecular weight excluding hydrogens is 387 g/mol. The second kappa shape index (κ2) is 7.34. The van der Waals surface area contributed by atoms with Crippen LogP contribution in [0.1, 0.15) is 40.7 Å². The van der Waals surface area contributed by atoms with Crippen molar-refractivity contribution in [1.82, 2.24) is 24.6 Å². The smallest absolute Gasteiger partial charge is 0.347 e. The summed E-state index contributed by atoms with van der Waals surface area (Å²) in [5, 5.41) is 3.39. The zero-order chi connectivity index (χ0) is 20.6. The first-order valence-corrected chi connectivity index (χ1v) is 9.11. The third-order valence-electron chi connectivity index (χ3n) is 5.02. The van der Waals surface area contributed by atoms with Crippen LogP contribution in [0.5, 0.6) is 0 Å². The highest BCUT2D eigenvalue weighted by molar-refractivity contribution is 5.92. The lowest BCUT2D eigenvalue weighted by Crippen LogP contribution is -2.39. The molecule has 0 N–H and O–H groups in total. The maximum Gasteiger partial charge on any atom is 0.471 e. The molecule has 0 bridgehead atoms. The van der Waals surface area contributed by atoms with Crippen LogP contribution in [0, 0.1) is 0 Å². The second-order valence-corrected chi connectivity index (χ2v) is 6.99. The van der Waals surface area contributed by atoms with Crippen LogP contribution < -0.4 is 0 Å². The summed E-state index contributed by atoms with van der Waals surface area (Å²) < 4.78 is 44.2. The maximum absolute atomic E-state index is 12.8. The van der Waals surface area contributed by atoms with E-state index in [-0.39, 0.29) is 23.3 Å². The highest BCUT2D eigenvalue weighted by Crippen LogP contribution is 2.31. The maximum atomic E-state index is 12.8. The number of piperidine rings is 1. The molecule has 3 aromatic rings. The number of hydrogen-bond acceptors (Lipinski definition) is 5. The molecule has 29 heavy (non-hydrogen) atoms. The van der Waals surface area contributed by atoms with E-state index in [1.807, 2.05) is 19.3 Å². The van der Waals surface area contributed by atoms with Crippen molar-refractivity contribution < 1.29 is 22.5 Å². The third-order valence-corrected chi connectivity index (χ3v) is 5.02. The lowest BCUT2D eigenvalue weighted by Gasteiger charge is -2.33. The molecule has 1 atom stereocenters. The fourth-order valence-electron chi connectivity index (χ4n) is 3.54. The molecule has 1 amide bonds. The minimum atomic E-state index is -4.70. The molecule has 0 saturated carbocycles. The summed E-state index contributed by atoms with van der Waals surface area (Å²) >= 11 is 0. The summed E-state index contributed by atoms with van der Waals surface area (Å²) in [5.41, 5.74) is 1.69. The molecule has 7 nitrogen and oxygen atoms in total. The van der Waals surface area contributed by atoms with Crippen molar-refractivity contribution in [3.05, 3.63) is 53.8 Å². The Morgan fingerprint density at radius 3 is 2.83 bits per heavy atom. The van der Waals surface area contributed by atoms with Crippen LogP contribution in [0.15, 0.2) is 41.2 Å². The van der Waals surface area contributed by atoms with Gasteiger partial charge in [0, 0.05) is 38.4 Å². The van der Waals surface area contributed by atoms with E-state index in [2.05, 4.69) is 19.6 Å². The van der Waals surface area contributed by atoms with Crippen LogP contribution >= 0.6 is 0 Å². The van der Waals surface area contributed by atoms with E-state index in [9.17, 15) is 18.0 Å². The van der Waals surface area contributed by atoms with Gasteiger partial charge in [0.1, 0.15) is 11.4 Å². The number of likely N-dealkylation sites (tertiary alicyclic amines) is 1. The number of aryl methyl sites for hydroxylation is 1. The van der Waals surface area contributed by atoms with Gasteiger partial charge in [-0.05, 0) is 42.7 Å². The number of rotatable bonds is 3. The fourth-order valence-corrected chi connectivity index (χ4v) is 3.54. The first-order chi connectivity index (χ1) is 13.8. The average molecular weight is 405 g/mol. The van der Waals surface area contributed by atoms with Crippen molar-refractivity contribution in [2.45, 2.75) is 24.9 Å². The van der Waals surface area contributed by atoms with Crippen molar-refractivity contribution in [3.8, 4) is 11.5 Å². The van der Waals surface area contributed by atoms with Crippen LogP contribution in [-0.2, 0) is 13.2 Å². The van der Waals surface area contributed by atoms with Crippen LogP contribution in [-0.4, -0.2) is 43.6 Å². The standard InChI is InChI=1S/C19H18F3N5O2/c1-26-8-3-5-15(26)17(28)27-9-2-4-13(11-27)12-6-7-23-14(10-12)16-24-18(29-25-16)19(20,21)22/h3,5-8,10,13H,2,4,9,11H2,1H3/t13-/m1/s1. The Morgan fingerprint density at radius 2 is 2.14 bits per heavy atom. The second-order valence-electron chi connectivity index (χ2n) is 6.99. The van der Waals surface area contributed by atoms with Gasteiger partial charge < -0.3 is 14.0 Å². The van der Waals surface area contributed by atoms with Crippen LogP contribution in [0.25, 0.3) is 11.5 Å². The van der Waals surface area contributed by atoms with Gasteiger partial charge in [0.2, 0.25) is 5.82 Å². The number of alkyl halides is 3. The number of hydrogen-bond donors (Lipinski definition) is 0. The lowest BCUT2D eigenvalue weighted by atomic mass is 9.90. The third kappa shape index (κ3) is 3.87. The quantitative estimate of drug-likeness (QED) is 0.667. The van der Waals surface area contributed by atoms with Crippen molar-refractivity contribution in [1.29, 1.82) is 0 Å². The van der Waals surface area contributed by atoms with Crippen molar-refractivity contribution in [2.24, 2.45) is 7.05 Å². The molecule has 1 aliphatic heterocycles. The highest BCUT2D eigenvalue weighted by Gasteiger charge is 2.38. The zero-order valence-electron chi connectivity index (χ0n) is 15.6. The minimum absolute atomic E-state index is 0.0375. The molecule has 1 aliphatic rings. The lowest BCUT2D eigenvalue weighted by molar-refractivity contribution is -0.159. The number of halogens is 3. The topological polar surface area (TPSA) is 77.0 Å². The molecule has 0 spiro atoms. The van der Waals surface area contributed by atoms with Gasteiger partial charge in [-0.1, -0.05) is 5.16 Å². The van der Waals surface area contributed by atoms with Crippen molar-refractivity contribution >= 4 is 5.91 Å². The monoisotopic (exact) mass is 405 g/mol. The van der Waals surface area contributed by atoms with E-state index in [1.54, 1.807) is 27.7 Å². The van der Waals surface area contributed by atoms with Crippen LogP contribution in [0.3, 0.4) is 0 Å². The summed E-state index contributed by atoms with van der Waals surface area (Å²) in [7, 11) is 1.82. The van der Waals surface area contributed by atoms with Gasteiger partial charge in [-0.3, -0.25) is 9.78 Å². The molecule has 3 aromatic heterocycles. The van der Waals surface area contributed by atoms with E-state index in [1.165, 1.54) is 6.20 Å². The molecule has 4 heterocycles. The number of carbonyl (C=O) groups excluding carboxylic acids is 1. The van der Waals surface area contributed by atoms with Crippen LogP contribution in [0.4, 0.5) is 13.2 Å². The predicted molar refractivity (Wildman–Crippen MR) is 95.8 cm³/mol. The minimum Gasteiger partial charge on any atom is -0.347 e. The number of nitrogens with zero attached hydrogens (tertiary/aromatic N) is 5. The Kier molecular flexibility index (Phi) is 4.85. The number of pyridine rings is 1. The SMILES string of the molecule is Cn1cccc1C(=O)N1CCC[C@@H](c2ccnc(-c3noc(C(F)(F)F)n3)c2)C1. The van der Waals surface area contributed by atoms with E-state index >= 15 is 0 Å². The first-order valence-electron chi connectivity index (χ1n) is 9.11. The fraction of sp³-hybridized carbons (Fsp3) is 0.368. The molecule has 0 unspecified atom stereocenters.